The van der Waals surface area contributed by atoms with Crippen LogP contribution in [0.15, 0.2) is 61.1 Å². The number of carbonyl (C=O) groups excluding carboxylic acids is 1. The second kappa shape index (κ2) is 5.36. The predicted octanol–water partition coefficient (Wildman–Crippen LogP) is 2.74. The van der Waals surface area contributed by atoms with Crippen molar-refractivity contribution >= 4 is 5.78 Å². The molecular formula is C15H16N2O. The quantitative estimate of drug-likeness (QED) is 0.606. The summed E-state index contributed by atoms with van der Waals surface area (Å²) in [7, 11) is 3.78. The number of ketones is 1. The summed E-state index contributed by atoms with van der Waals surface area (Å²) in [5.74, 6) is 0.0124. The molecule has 1 aromatic carbocycles. The number of hydrogen-bond donors (Lipinski definition) is 0. The van der Waals surface area contributed by atoms with Crippen LogP contribution in [0.1, 0.15) is 10.4 Å². The van der Waals surface area contributed by atoms with Gasteiger partial charge in [0.2, 0.25) is 0 Å². The van der Waals surface area contributed by atoms with Crippen LogP contribution in [-0.2, 0) is 0 Å². The Bertz CT molecular complexity index is 553. The van der Waals surface area contributed by atoms with Gasteiger partial charge in [-0.1, -0.05) is 18.2 Å². The monoisotopic (exact) mass is 240 g/mol. The molecule has 0 atom stereocenters. The fraction of sp³-hybridized carbons (Fsp3) is 0.133. The maximum absolute atomic E-state index is 11.9. The van der Waals surface area contributed by atoms with E-state index in [0.29, 0.717) is 5.56 Å². The maximum atomic E-state index is 11.9. The summed E-state index contributed by atoms with van der Waals surface area (Å²) < 4.78 is 1.94. The summed E-state index contributed by atoms with van der Waals surface area (Å²) >= 11 is 0. The van der Waals surface area contributed by atoms with E-state index in [1.807, 2.05) is 72.4 Å². The van der Waals surface area contributed by atoms with Gasteiger partial charge in [0.1, 0.15) is 0 Å². The molecule has 0 N–H and O–H groups in total. The number of allylic oxidation sites excluding steroid dienone is 1. The van der Waals surface area contributed by atoms with Crippen molar-refractivity contribution in [3.63, 3.8) is 0 Å². The molecule has 1 aromatic heterocycles. The van der Waals surface area contributed by atoms with Gasteiger partial charge in [0.05, 0.1) is 0 Å². The van der Waals surface area contributed by atoms with Crippen LogP contribution in [0, 0.1) is 0 Å². The van der Waals surface area contributed by atoms with Crippen LogP contribution in [0.25, 0.3) is 5.69 Å². The Labute approximate surface area is 107 Å². The minimum atomic E-state index is 0.0124. The van der Waals surface area contributed by atoms with Gasteiger partial charge < -0.3 is 9.47 Å². The molecule has 0 aliphatic heterocycles. The number of hydrogen-bond acceptors (Lipinski definition) is 2. The number of para-hydroxylation sites is 1. The van der Waals surface area contributed by atoms with Gasteiger partial charge in [-0.15, -0.1) is 0 Å². The molecule has 2 rings (SSSR count). The lowest BCUT2D eigenvalue weighted by Crippen LogP contribution is -2.02. The normalized spacial score (nSPS) is 10.8. The first-order valence-electron chi connectivity index (χ1n) is 5.79. The van der Waals surface area contributed by atoms with Crippen molar-refractivity contribution in [2.45, 2.75) is 0 Å². The Hall–Kier alpha value is -2.29. The summed E-state index contributed by atoms with van der Waals surface area (Å²) in [4.78, 5) is 13.7. The molecule has 0 unspecified atom stereocenters. The molecule has 0 aliphatic carbocycles. The molecule has 3 nitrogen and oxygen atoms in total. The molecule has 92 valence electrons. The molecule has 3 heteroatoms. The van der Waals surface area contributed by atoms with Crippen LogP contribution in [0.5, 0.6) is 0 Å². The molecular weight excluding hydrogens is 224 g/mol. The van der Waals surface area contributed by atoms with E-state index in [-0.39, 0.29) is 5.78 Å². The molecule has 0 fully saturated rings. The lowest BCUT2D eigenvalue weighted by atomic mass is 10.2. The lowest BCUT2D eigenvalue weighted by Gasteiger charge is -2.02. The van der Waals surface area contributed by atoms with Crippen LogP contribution in [0.2, 0.25) is 0 Å². The van der Waals surface area contributed by atoms with Crippen molar-refractivity contribution in [3.8, 4) is 5.69 Å². The molecule has 0 aliphatic rings. The molecule has 0 spiro atoms. The standard InChI is InChI=1S/C15H16N2O/c1-16(2)10-9-15(18)13-8-11-17(12-13)14-6-4-3-5-7-14/h3-12H,1-2H3/b10-9+. The summed E-state index contributed by atoms with van der Waals surface area (Å²) in [6.07, 6.45) is 7.07. The molecule has 0 amide bonds. The number of carbonyl (C=O) groups is 1. The summed E-state index contributed by atoms with van der Waals surface area (Å²) in [6.45, 7) is 0. The number of nitrogens with zero attached hydrogens (tertiary/aromatic N) is 2. The zero-order valence-corrected chi connectivity index (χ0v) is 10.6. The van der Waals surface area contributed by atoms with Crippen molar-refractivity contribution in [1.29, 1.82) is 0 Å². The Morgan fingerprint density at radius 1 is 1.17 bits per heavy atom. The van der Waals surface area contributed by atoms with E-state index in [1.165, 1.54) is 0 Å². The van der Waals surface area contributed by atoms with Crippen molar-refractivity contribution < 1.29 is 4.79 Å². The highest BCUT2D eigenvalue weighted by molar-refractivity contribution is 6.04. The van der Waals surface area contributed by atoms with E-state index in [0.717, 1.165) is 5.69 Å². The summed E-state index contributed by atoms with van der Waals surface area (Å²) in [5.41, 5.74) is 1.74. The van der Waals surface area contributed by atoms with E-state index in [2.05, 4.69) is 0 Å². The van der Waals surface area contributed by atoms with Gasteiger partial charge in [0.15, 0.2) is 5.78 Å². The van der Waals surface area contributed by atoms with Gasteiger partial charge >= 0.3 is 0 Å². The number of benzene rings is 1. The van der Waals surface area contributed by atoms with Gasteiger partial charge in [-0.2, -0.15) is 0 Å². The van der Waals surface area contributed by atoms with Crippen LogP contribution >= 0.6 is 0 Å². The molecule has 18 heavy (non-hydrogen) atoms. The minimum Gasteiger partial charge on any atom is -0.383 e. The van der Waals surface area contributed by atoms with Crippen LogP contribution in [0.3, 0.4) is 0 Å². The SMILES string of the molecule is CN(C)/C=C/C(=O)c1ccn(-c2ccccc2)c1. The Morgan fingerprint density at radius 3 is 2.56 bits per heavy atom. The third-order valence-electron chi connectivity index (χ3n) is 2.56. The van der Waals surface area contributed by atoms with Crippen molar-refractivity contribution in [2.24, 2.45) is 0 Å². The van der Waals surface area contributed by atoms with Crippen molar-refractivity contribution in [2.75, 3.05) is 14.1 Å². The first-order chi connectivity index (χ1) is 8.66. The van der Waals surface area contributed by atoms with Gasteiger partial charge in [-0.05, 0) is 18.2 Å². The molecule has 0 radical (unpaired) electrons. The Morgan fingerprint density at radius 2 is 1.89 bits per heavy atom. The highest BCUT2D eigenvalue weighted by atomic mass is 16.1. The first kappa shape index (κ1) is 12.2. The summed E-state index contributed by atoms with van der Waals surface area (Å²) in [6, 6.07) is 11.8. The maximum Gasteiger partial charge on any atom is 0.188 e. The fourth-order valence-electron chi connectivity index (χ4n) is 1.62. The van der Waals surface area contributed by atoms with Gasteiger partial charge in [0, 0.05) is 50.0 Å². The highest BCUT2D eigenvalue weighted by Crippen LogP contribution is 2.11. The predicted molar refractivity (Wildman–Crippen MR) is 72.9 cm³/mol. The largest absolute Gasteiger partial charge is 0.383 e. The van der Waals surface area contributed by atoms with Gasteiger partial charge in [-0.25, -0.2) is 0 Å². The summed E-state index contributed by atoms with van der Waals surface area (Å²) in [5, 5.41) is 0. The van der Waals surface area contributed by atoms with Crippen LogP contribution in [-0.4, -0.2) is 29.3 Å². The Balaban J connectivity index is 2.19. The first-order valence-corrected chi connectivity index (χ1v) is 5.79. The molecule has 0 saturated heterocycles. The van der Waals surface area contributed by atoms with Crippen molar-refractivity contribution in [3.05, 3.63) is 66.6 Å². The van der Waals surface area contributed by atoms with Crippen LogP contribution < -0.4 is 0 Å². The second-order valence-corrected chi connectivity index (χ2v) is 4.29. The zero-order chi connectivity index (χ0) is 13.0. The highest BCUT2D eigenvalue weighted by Gasteiger charge is 2.04. The number of aromatic nitrogens is 1. The molecule has 0 saturated carbocycles. The fourth-order valence-corrected chi connectivity index (χ4v) is 1.62. The van der Waals surface area contributed by atoms with Gasteiger partial charge in [-0.3, -0.25) is 4.79 Å². The average molecular weight is 240 g/mol. The van der Waals surface area contributed by atoms with E-state index < -0.39 is 0 Å². The van der Waals surface area contributed by atoms with E-state index >= 15 is 0 Å². The average Bonchev–Trinajstić information content (AvgIpc) is 2.86. The number of rotatable bonds is 4. The van der Waals surface area contributed by atoms with E-state index in [1.54, 1.807) is 12.3 Å². The molecule has 0 bridgehead atoms. The zero-order valence-electron chi connectivity index (χ0n) is 10.6. The molecule has 1 heterocycles. The third-order valence-corrected chi connectivity index (χ3v) is 2.56. The second-order valence-electron chi connectivity index (χ2n) is 4.29. The van der Waals surface area contributed by atoms with Gasteiger partial charge in [0.25, 0.3) is 0 Å². The Kier molecular flexibility index (Phi) is 3.63. The lowest BCUT2D eigenvalue weighted by molar-refractivity contribution is 0.104. The van der Waals surface area contributed by atoms with Crippen LogP contribution in [0.4, 0.5) is 0 Å². The van der Waals surface area contributed by atoms with E-state index in [9.17, 15) is 4.79 Å². The van der Waals surface area contributed by atoms with Crippen molar-refractivity contribution in [1.82, 2.24) is 9.47 Å². The minimum absolute atomic E-state index is 0.0124. The topological polar surface area (TPSA) is 25.2 Å². The molecule has 2 aromatic rings. The van der Waals surface area contributed by atoms with E-state index in [4.69, 9.17) is 0 Å². The smallest absolute Gasteiger partial charge is 0.188 e. The third kappa shape index (κ3) is 2.88.